The SMILES string of the molecule is Cc1cccc(NCCC(F)F)c1. The van der Waals surface area contributed by atoms with Crippen LogP contribution in [0.2, 0.25) is 0 Å². The minimum Gasteiger partial charge on any atom is -0.385 e. The van der Waals surface area contributed by atoms with Crippen molar-refractivity contribution in [3.05, 3.63) is 29.8 Å². The van der Waals surface area contributed by atoms with E-state index < -0.39 is 6.43 Å². The van der Waals surface area contributed by atoms with E-state index >= 15 is 0 Å². The largest absolute Gasteiger partial charge is 0.385 e. The fourth-order valence-electron chi connectivity index (χ4n) is 1.08. The van der Waals surface area contributed by atoms with Crippen LogP contribution in [0.5, 0.6) is 0 Å². The lowest BCUT2D eigenvalue weighted by Crippen LogP contribution is -2.05. The smallest absolute Gasteiger partial charge is 0.240 e. The van der Waals surface area contributed by atoms with E-state index in [1.807, 2.05) is 31.2 Å². The lowest BCUT2D eigenvalue weighted by atomic mass is 10.2. The Bertz CT molecular complexity index is 261. The Morgan fingerprint density at radius 2 is 2.15 bits per heavy atom. The summed E-state index contributed by atoms with van der Waals surface area (Å²) in [4.78, 5) is 0. The van der Waals surface area contributed by atoms with Gasteiger partial charge < -0.3 is 5.32 Å². The van der Waals surface area contributed by atoms with Gasteiger partial charge in [0.15, 0.2) is 0 Å². The molecule has 0 bridgehead atoms. The van der Waals surface area contributed by atoms with Crippen molar-refractivity contribution in [3.63, 3.8) is 0 Å². The van der Waals surface area contributed by atoms with Crippen LogP contribution in [0.1, 0.15) is 12.0 Å². The summed E-state index contributed by atoms with van der Waals surface area (Å²) >= 11 is 0. The van der Waals surface area contributed by atoms with Crippen LogP contribution < -0.4 is 5.32 Å². The molecule has 0 radical (unpaired) electrons. The summed E-state index contributed by atoms with van der Waals surface area (Å²) in [5.74, 6) is 0. The summed E-state index contributed by atoms with van der Waals surface area (Å²) in [6.07, 6.45) is -2.33. The highest BCUT2D eigenvalue weighted by molar-refractivity contribution is 5.45. The summed E-state index contributed by atoms with van der Waals surface area (Å²) < 4.78 is 23.6. The molecule has 0 amide bonds. The maximum absolute atomic E-state index is 11.8. The lowest BCUT2D eigenvalue weighted by Gasteiger charge is -2.05. The molecule has 1 N–H and O–H groups in total. The molecule has 0 aliphatic carbocycles. The summed E-state index contributed by atoms with van der Waals surface area (Å²) in [6, 6.07) is 7.68. The molecule has 72 valence electrons. The molecule has 0 aliphatic heterocycles. The Hall–Kier alpha value is -1.12. The van der Waals surface area contributed by atoms with Gasteiger partial charge in [-0.05, 0) is 24.6 Å². The Labute approximate surface area is 76.8 Å². The molecule has 0 aromatic heterocycles. The molecule has 0 unspecified atom stereocenters. The summed E-state index contributed by atoms with van der Waals surface area (Å²) in [5.41, 5.74) is 2.03. The van der Waals surface area contributed by atoms with Crippen LogP contribution in [0, 0.1) is 6.92 Å². The fourth-order valence-corrected chi connectivity index (χ4v) is 1.08. The van der Waals surface area contributed by atoms with E-state index in [0.29, 0.717) is 6.54 Å². The summed E-state index contributed by atoms with van der Waals surface area (Å²) in [6.45, 7) is 2.29. The molecule has 0 fully saturated rings. The van der Waals surface area contributed by atoms with E-state index in [2.05, 4.69) is 5.32 Å². The van der Waals surface area contributed by atoms with Crippen LogP contribution in [-0.2, 0) is 0 Å². The fraction of sp³-hybridized carbons (Fsp3) is 0.400. The third kappa shape index (κ3) is 3.87. The van der Waals surface area contributed by atoms with Gasteiger partial charge in [0.1, 0.15) is 0 Å². The van der Waals surface area contributed by atoms with Crippen LogP contribution in [0.3, 0.4) is 0 Å². The molecule has 0 spiro atoms. The molecule has 0 saturated heterocycles. The van der Waals surface area contributed by atoms with Gasteiger partial charge in [-0.25, -0.2) is 8.78 Å². The van der Waals surface area contributed by atoms with Gasteiger partial charge in [-0.2, -0.15) is 0 Å². The van der Waals surface area contributed by atoms with Crippen LogP contribution in [-0.4, -0.2) is 13.0 Å². The highest BCUT2D eigenvalue weighted by atomic mass is 19.3. The quantitative estimate of drug-likeness (QED) is 0.760. The first-order chi connectivity index (χ1) is 6.18. The first-order valence-corrected chi connectivity index (χ1v) is 4.27. The van der Waals surface area contributed by atoms with Gasteiger partial charge in [0.05, 0.1) is 0 Å². The van der Waals surface area contributed by atoms with Gasteiger partial charge in [0, 0.05) is 18.7 Å². The highest BCUT2D eigenvalue weighted by Gasteiger charge is 2.00. The number of rotatable bonds is 4. The molecule has 0 saturated carbocycles. The maximum atomic E-state index is 11.8. The average Bonchev–Trinajstić information content (AvgIpc) is 2.03. The second kappa shape index (κ2) is 4.80. The molecule has 0 heterocycles. The first kappa shape index (κ1) is 9.96. The molecular weight excluding hydrogens is 172 g/mol. The minimum absolute atomic E-state index is 0.103. The molecule has 13 heavy (non-hydrogen) atoms. The molecule has 0 atom stereocenters. The number of hydrogen-bond donors (Lipinski definition) is 1. The van der Waals surface area contributed by atoms with Crippen molar-refractivity contribution < 1.29 is 8.78 Å². The average molecular weight is 185 g/mol. The predicted molar refractivity (Wildman–Crippen MR) is 50.3 cm³/mol. The van der Waals surface area contributed by atoms with E-state index in [1.54, 1.807) is 0 Å². The maximum Gasteiger partial charge on any atom is 0.240 e. The number of nitrogens with one attached hydrogen (secondary N) is 1. The molecule has 0 aliphatic rings. The second-order valence-electron chi connectivity index (χ2n) is 2.98. The summed E-state index contributed by atoms with van der Waals surface area (Å²) in [7, 11) is 0. The van der Waals surface area contributed by atoms with Gasteiger partial charge in [0.2, 0.25) is 6.43 Å². The Balaban J connectivity index is 2.37. The van der Waals surface area contributed by atoms with Crippen molar-refractivity contribution in [2.45, 2.75) is 19.8 Å². The van der Waals surface area contributed by atoms with Gasteiger partial charge in [-0.1, -0.05) is 12.1 Å². The van der Waals surface area contributed by atoms with E-state index in [0.717, 1.165) is 11.3 Å². The van der Waals surface area contributed by atoms with E-state index in [-0.39, 0.29) is 6.42 Å². The van der Waals surface area contributed by atoms with Crippen molar-refractivity contribution in [2.24, 2.45) is 0 Å². The third-order valence-electron chi connectivity index (χ3n) is 1.71. The van der Waals surface area contributed by atoms with Gasteiger partial charge in [-0.15, -0.1) is 0 Å². The van der Waals surface area contributed by atoms with Crippen molar-refractivity contribution in [2.75, 3.05) is 11.9 Å². The Kier molecular flexibility index (Phi) is 3.68. The number of hydrogen-bond acceptors (Lipinski definition) is 1. The first-order valence-electron chi connectivity index (χ1n) is 4.27. The van der Waals surface area contributed by atoms with Crippen molar-refractivity contribution in [1.29, 1.82) is 0 Å². The van der Waals surface area contributed by atoms with Gasteiger partial charge in [0.25, 0.3) is 0 Å². The Morgan fingerprint density at radius 3 is 2.77 bits per heavy atom. The zero-order valence-corrected chi connectivity index (χ0v) is 7.56. The van der Waals surface area contributed by atoms with Crippen molar-refractivity contribution >= 4 is 5.69 Å². The van der Waals surface area contributed by atoms with Crippen molar-refractivity contribution in [3.8, 4) is 0 Å². The summed E-state index contributed by atoms with van der Waals surface area (Å²) in [5, 5.41) is 2.94. The van der Waals surface area contributed by atoms with Crippen molar-refractivity contribution in [1.82, 2.24) is 0 Å². The van der Waals surface area contributed by atoms with E-state index in [1.165, 1.54) is 0 Å². The molecule has 1 aromatic carbocycles. The number of halogens is 2. The van der Waals surface area contributed by atoms with Gasteiger partial charge in [-0.3, -0.25) is 0 Å². The normalized spacial score (nSPS) is 10.5. The highest BCUT2D eigenvalue weighted by Crippen LogP contribution is 2.09. The third-order valence-corrected chi connectivity index (χ3v) is 1.71. The minimum atomic E-state index is -2.22. The zero-order valence-electron chi connectivity index (χ0n) is 7.56. The standard InChI is InChI=1S/C10H13F2N/c1-8-3-2-4-9(7-8)13-6-5-10(11)12/h2-4,7,10,13H,5-6H2,1H3. The molecule has 1 rings (SSSR count). The molecule has 1 nitrogen and oxygen atoms in total. The number of alkyl halides is 2. The number of aryl methyl sites for hydroxylation is 1. The van der Waals surface area contributed by atoms with E-state index in [4.69, 9.17) is 0 Å². The topological polar surface area (TPSA) is 12.0 Å². The Morgan fingerprint density at radius 1 is 1.38 bits per heavy atom. The van der Waals surface area contributed by atoms with E-state index in [9.17, 15) is 8.78 Å². The zero-order chi connectivity index (χ0) is 9.68. The van der Waals surface area contributed by atoms with Crippen LogP contribution in [0.25, 0.3) is 0 Å². The van der Waals surface area contributed by atoms with Gasteiger partial charge >= 0.3 is 0 Å². The monoisotopic (exact) mass is 185 g/mol. The van der Waals surface area contributed by atoms with Crippen LogP contribution >= 0.6 is 0 Å². The molecule has 3 heteroatoms. The second-order valence-corrected chi connectivity index (χ2v) is 2.98. The number of benzene rings is 1. The van der Waals surface area contributed by atoms with Crippen LogP contribution in [0.15, 0.2) is 24.3 Å². The molecular formula is C10H13F2N. The lowest BCUT2D eigenvalue weighted by molar-refractivity contribution is 0.142. The van der Waals surface area contributed by atoms with Crippen LogP contribution in [0.4, 0.5) is 14.5 Å². The number of anilines is 1. The predicted octanol–water partition coefficient (Wildman–Crippen LogP) is 3.06. The molecule has 1 aromatic rings.